The molecule has 1 heterocycles. The molecular formula is C45H50N6O9. The van der Waals surface area contributed by atoms with Crippen LogP contribution in [0.5, 0.6) is 5.75 Å². The molecule has 314 valence electrons. The van der Waals surface area contributed by atoms with E-state index >= 15 is 0 Å². The molecule has 1 unspecified atom stereocenters. The molecule has 60 heavy (non-hydrogen) atoms. The van der Waals surface area contributed by atoms with Gasteiger partial charge in [-0.25, -0.2) is 14.6 Å². The summed E-state index contributed by atoms with van der Waals surface area (Å²) in [7, 11) is 1.44. The maximum Gasteiger partial charge on any atom is 0.412 e. The average Bonchev–Trinajstić information content (AvgIpc) is 4.10. The Bertz CT molecular complexity index is 2190. The van der Waals surface area contributed by atoms with Crippen LogP contribution in [0.3, 0.4) is 0 Å². The van der Waals surface area contributed by atoms with Crippen molar-refractivity contribution in [3.8, 4) is 16.9 Å². The Morgan fingerprint density at radius 1 is 0.917 bits per heavy atom. The van der Waals surface area contributed by atoms with Gasteiger partial charge in [0.15, 0.2) is 5.69 Å². The number of ether oxygens (including phenoxy) is 4. The van der Waals surface area contributed by atoms with E-state index in [1.807, 2.05) is 30.3 Å². The van der Waals surface area contributed by atoms with Gasteiger partial charge in [0.1, 0.15) is 23.3 Å². The van der Waals surface area contributed by atoms with Gasteiger partial charge in [0, 0.05) is 40.0 Å². The van der Waals surface area contributed by atoms with Crippen LogP contribution in [-0.2, 0) is 25.4 Å². The monoisotopic (exact) mass is 818 g/mol. The fraction of sp³-hybridized carbons (Fsp3) is 0.311. The second-order valence-electron chi connectivity index (χ2n) is 14.1. The predicted octanol–water partition coefficient (Wildman–Crippen LogP) is 6.65. The molecule has 15 heteroatoms. The van der Waals surface area contributed by atoms with Crippen LogP contribution in [0.15, 0.2) is 85.4 Å². The van der Waals surface area contributed by atoms with Crippen LogP contribution in [0.4, 0.5) is 10.5 Å². The molecule has 0 aliphatic heterocycles. The number of nitrogens with zero attached hydrogens (tertiary/aromatic N) is 1. The first-order valence-electron chi connectivity index (χ1n) is 19.7. The maximum atomic E-state index is 14.1. The van der Waals surface area contributed by atoms with Crippen LogP contribution in [0.25, 0.3) is 17.2 Å². The van der Waals surface area contributed by atoms with Gasteiger partial charge >= 0.3 is 18.0 Å². The zero-order valence-corrected chi connectivity index (χ0v) is 33.7. The summed E-state index contributed by atoms with van der Waals surface area (Å²) in [4.78, 5) is 70.3. The number of amidine groups is 1. The highest BCUT2D eigenvalue weighted by molar-refractivity contribution is 6.11. The zero-order chi connectivity index (χ0) is 43.0. The van der Waals surface area contributed by atoms with Gasteiger partial charge in [-0.2, -0.15) is 0 Å². The Morgan fingerprint density at radius 2 is 1.67 bits per heavy atom. The summed E-state index contributed by atoms with van der Waals surface area (Å²) in [5.41, 5.74) is 8.01. The van der Waals surface area contributed by atoms with E-state index in [0.717, 1.165) is 44.1 Å². The lowest BCUT2D eigenvalue weighted by Crippen LogP contribution is -2.35. The van der Waals surface area contributed by atoms with Crippen LogP contribution in [0.2, 0.25) is 0 Å². The molecule has 3 amide bonds. The van der Waals surface area contributed by atoms with E-state index in [2.05, 4.69) is 34.4 Å². The number of esters is 2. The molecule has 4 aromatic rings. The first kappa shape index (κ1) is 44.2. The van der Waals surface area contributed by atoms with Crippen LogP contribution in [-0.4, -0.2) is 73.8 Å². The van der Waals surface area contributed by atoms with Crippen LogP contribution >= 0.6 is 0 Å². The Balaban J connectivity index is 1.37. The lowest BCUT2D eigenvalue weighted by Gasteiger charge is -2.17. The summed E-state index contributed by atoms with van der Waals surface area (Å²) < 4.78 is 21.3. The van der Waals surface area contributed by atoms with Crippen LogP contribution in [0, 0.1) is 11.3 Å². The number of alkyl carbamates (subject to hydrolysis) is 1. The normalized spacial score (nSPS) is 12.3. The Kier molecular flexibility index (Phi) is 16.0. The fourth-order valence-corrected chi connectivity index (χ4v) is 6.04. The minimum Gasteiger partial charge on any atom is -0.496 e. The van der Waals surface area contributed by atoms with Crippen molar-refractivity contribution in [1.82, 2.24) is 15.6 Å². The van der Waals surface area contributed by atoms with E-state index in [-0.39, 0.29) is 46.9 Å². The number of carbonyl (C=O) groups excluding carboxylic acids is 5. The molecule has 1 atom stereocenters. The number of carbonyl (C=O) groups is 5. The van der Waals surface area contributed by atoms with Gasteiger partial charge in [0.05, 0.1) is 13.7 Å². The van der Waals surface area contributed by atoms with Crippen molar-refractivity contribution < 1.29 is 42.9 Å². The molecule has 15 nitrogen and oxygen atoms in total. The van der Waals surface area contributed by atoms with E-state index in [4.69, 9.17) is 30.1 Å². The van der Waals surface area contributed by atoms with Gasteiger partial charge in [0.2, 0.25) is 6.79 Å². The number of aromatic nitrogens is 1. The number of amides is 3. The van der Waals surface area contributed by atoms with Crippen molar-refractivity contribution in [3.63, 3.8) is 0 Å². The summed E-state index contributed by atoms with van der Waals surface area (Å²) in [5, 5.41) is 16.4. The Labute approximate surface area is 348 Å². The molecule has 1 aromatic heterocycles. The highest BCUT2D eigenvalue weighted by Gasteiger charge is 2.27. The molecule has 1 fully saturated rings. The number of nitrogens with one attached hydrogen (secondary N) is 4. The molecule has 0 bridgehead atoms. The van der Waals surface area contributed by atoms with E-state index in [0.29, 0.717) is 35.0 Å². The van der Waals surface area contributed by atoms with Crippen molar-refractivity contribution in [3.05, 3.63) is 119 Å². The maximum absolute atomic E-state index is 14.1. The van der Waals surface area contributed by atoms with Crippen molar-refractivity contribution in [2.45, 2.75) is 57.9 Å². The lowest BCUT2D eigenvalue weighted by atomic mass is 9.94. The third kappa shape index (κ3) is 12.6. The minimum absolute atomic E-state index is 0.0747. The van der Waals surface area contributed by atoms with Crippen LogP contribution < -0.4 is 26.4 Å². The molecule has 0 spiro atoms. The van der Waals surface area contributed by atoms with E-state index in [1.165, 1.54) is 37.5 Å². The number of anilines is 1. The minimum atomic E-state index is -1.04. The predicted molar refractivity (Wildman–Crippen MR) is 226 cm³/mol. The van der Waals surface area contributed by atoms with Crippen molar-refractivity contribution >= 4 is 47.4 Å². The topological polar surface area (TPSA) is 221 Å². The smallest absolute Gasteiger partial charge is 0.412 e. The van der Waals surface area contributed by atoms with Gasteiger partial charge in [-0.3, -0.25) is 25.1 Å². The Morgan fingerprint density at radius 3 is 2.35 bits per heavy atom. The van der Waals surface area contributed by atoms with Gasteiger partial charge in [-0.05, 0) is 85.7 Å². The quantitative estimate of drug-likeness (QED) is 0.0209. The van der Waals surface area contributed by atoms with Crippen LogP contribution in [0.1, 0.15) is 93.5 Å². The second kappa shape index (κ2) is 21.8. The molecule has 3 aromatic carbocycles. The molecule has 0 radical (unpaired) electrons. The highest BCUT2D eigenvalue weighted by Crippen LogP contribution is 2.35. The third-order valence-electron chi connectivity index (χ3n) is 9.58. The number of hydrogen-bond donors (Lipinski definition) is 5. The first-order valence-corrected chi connectivity index (χ1v) is 19.7. The number of benzene rings is 3. The summed E-state index contributed by atoms with van der Waals surface area (Å²) in [5.74, 6) is -2.44. The molecule has 1 saturated carbocycles. The van der Waals surface area contributed by atoms with Crippen molar-refractivity contribution in [2.24, 2.45) is 11.7 Å². The fourth-order valence-electron chi connectivity index (χ4n) is 6.04. The molecule has 1 aliphatic carbocycles. The zero-order valence-electron chi connectivity index (χ0n) is 33.7. The van der Waals surface area contributed by atoms with Gasteiger partial charge in [-0.15, -0.1) is 0 Å². The SMILES string of the molecule is C=Cc1cc(C(=O)Nc2ccc(C(=N)NC(=O)OCCCCCC)cc2)c(-c2ccc(C(=O)NCC3CC3)nc2C(=O)OCOC(=O)C(N)Cc2ccccc2)cc1OC. The molecule has 6 N–H and O–H groups in total. The molecule has 5 rings (SSSR count). The summed E-state index contributed by atoms with van der Waals surface area (Å²) >= 11 is 0. The van der Waals surface area contributed by atoms with Gasteiger partial charge in [0.25, 0.3) is 11.8 Å². The Hall–Kier alpha value is -6.87. The van der Waals surface area contributed by atoms with Crippen molar-refractivity contribution in [1.29, 1.82) is 5.41 Å². The second-order valence-corrected chi connectivity index (χ2v) is 14.1. The molecule has 0 saturated heterocycles. The van der Waals surface area contributed by atoms with Gasteiger partial charge < -0.3 is 35.3 Å². The highest BCUT2D eigenvalue weighted by atomic mass is 16.7. The van der Waals surface area contributed by atoms with E-state index < -0.39 is 42.7 Å². The third-order valence-corrected chi connectivity index (χ3v) is 9.58. The van der Waals surface area contributed by atoms with Gasteiger partial charge in [-0.1, -0.05) is 69.2 Å². The summed E-state index contributed by atoms with van der Waals surface area (Å²) in [6.07, 6.45) is 6.77. The van der Waals surface area contributed by atoms with E-state index in [9.17, 15) is 24.0 Å². The number of pyridine rings is 1. The molecular weight excluding hydrogens is 769 g/mol. The number of nitrogens with two attached hydrogens (primary N) is 1. The average molecular weight is 819 g/mol. The van der Waals surface area contributed by atoms with Crippen molar-refractivity contribution in [2.75, 3.05) is 32.4 Å². The number of methoxy groups -OCH3 is 1. The largest absolute Gasteiger partial charge is 0.496 e. The number of unbranched alkanes of at least 4 members (excludes halogenated alkanes) is 3. The number of rotatable bonds is 20. The lowest BCUT2D eigenvalue weighted by molar-refractivity contribution is -0.153. The van der Waals surface area contributed by atoms with E-state index in [1.54, 1.807) is 24.3 Å². The number of hydrogen-bond acceptors (Lipinski definition) is 12. The standard InChI is InChI=1S/C45H50N6O9/c1-4-6-7-11-22-58-45(56)51-40(47)31-16-18-32(19-17-31)49-41(52)35-24-30(5-2)38(57-3)25-34(35)33-20-21-37(42(53)48-26-29-14-15-29)50-39(33)44(55)60-27-59-43(54)36(46)23-28-12-9-8-10-13-28/h5,8-10,12-13,16-21,24-25,29,36H,2,4,6-7,11,14-15,22-23,26-27,46H2,1,3H3,(H,48,53)(H,49,52)(H2,47,51,56). The first-order chi connectivity index (χ1) is 29.0. The summed E-state index contributed by atoms with van der Waals surface area (Å²) in [6, 6.07) is 20.3. The molecule has 1 aliphatic rings. The summed E-state index contributed by atoms with van der Waals surface area (Å²) in [6.45, 7) is 5.84.